The molecule has 0 amide bonds. The maximum Gasteiger partial charge on any atom is 0.133 e. The Kier molecular flexibility index (Phi) is 5.83. The van der Waals surface area contributed by atoms with Crippen molar-refractivity contribution in [1.82, 2.24) is 0 Å². The second-order valence-corrected chi connectivity index (χ2v) is 6.04. The van der Waals surface area contributed by atoms with Crippen molar-refractivity contribution in [2.45, 2.75) is 32.8 Å². The Morgan fingerprint density at radius 3 is 2.62 bits per heavy atom. The summed E-state index contributed by atoms with van der Waals surface area (Å²) in [5.74, 6) is 0.823. The Morgan fingerprint density at radius 2 is 1.95 bits per heavy atom. The van der Waals surface area contributed by atoms with Gasteiger partial charge >= 0.3 is 0 Å². The molecule has 3 heteroatoms. The first-order valence-electron chi connectivity index (χ1n) is 7.26. The lowest BCUT2D eigenvalue weighted by Gasteiger charge is -2.15. The molecule has 0 aromatic heterocycles. The topological polar surface area (TPSA) is 29.5 Å². The van der Waals surface area contributed by atoms with Crippen LogP contribution in [0.1, 0.15) is 36.1 Å². The van der Waals surface area contributed by atoms with Crippen molar-refractivity contribution < 1.29 is 9.84 Å². The molecular formula is C18H21BrO2. The molecule has 2 rings (SSSR count). The van der Waals surface area contributed by atoms with Crippen LogP contribution in [0.15, 0.2) is 46.9 Å². The molecule has 0 saturated carbocycles. The quantitative estimate of drug-likeness (QED) is 0.810. The molecule has 1 atom stereocenters. The van der Waals surface area contributed by atoms with Gasteiger partial charge in [0, 0.05) is 6.42 Å². The summed E-state index contributed by atoms with van der Waals surface area (Å²) in [6.07, 6.45) is 1.08. The van der Waals surface area contributed by atoms with E-state index in [4.69, 9.17) is 4.74 Å². The molecule has 0 heterocycles. The van der Waals surface area contributed by atoms with E-state index >= 15 is 0 Å². The molecule has 112 valence electrons. The third-order valence-corrected chi connectivity index (χ3v) is 4.10. The minimum Gasteiger partial charge on any atom is -0.492 e. The van der Waals surface area contributed by atoms with Crippen molar-refractivity contribution in [2.75, 3.05) is 6.61 Å². The van der Waals surface area contributed by atoms with Gasteiger partial charge < -0.3 is 9.84 Å². The van der Waals surface area contributed by atoms with E-state index in [9.17, 15) is 5.11 Å². The molecule has 0 radical (unpaired) electrons. The predicted octanol–water partition coefficient (Wildman–Crippen LogP) is 4.82. The van der Waals surface area contributed by atoms with Gasteiger partial charge in [0.15, 0.2) is 0 Å². The van der Waals surface area contributed by atoms with E-state index < -0.39 is 6.10 Å². The van der Waals surface area contributed by atoms with Crippen molar-refractivity contribution in [1.29, 1.82) is 0 Å². The van der Waals surface area contributed by atoms with Crippen LogP contribution in [0.25, 0.3) is 0 Å². The zero-order valence-corrected chi connectivity index (χ0v) is 14.1. The number of rotatable bonds is 6. The van der Waals surface area contributed by atoms with Crippen LogP contribution in [0, 0.1) is 6.92 Å². The van der Waals surface area contributed by atoms with Crippen molar-refractivity contribution in [3.63, 3.8) is 0 Å². The van der Waals surface area contributed by atoms with Crippen LogP contribution < -0.4 is 4.74 Å². The largest absolute Gasteiger partial charge is 0.492 e. The lowest BCUT2D eigenvalue weighted by atomic mass is 9.98. The van der Waals surface area contributed by atoms with Gasteiger partial charge in [-0.1, -0.05) is 37.3 Å². The Hall–Kier alpha value is -1.32. The summed E-state index contributed by atoms with van der Waals surface area (Å²) < 4.78 is 6.52. The molecule has 0 spiro atoms. The van der Waals surface area contributed by atoms with Gasteiger partial charge in [-0.15, -0.1) is 0 Å². The molecule has 0 saturated heterocycles. The predicted molar refractivity (Wildman–Crippen MR) is 89.8 cm³/mol. The lowest BCUT2D eigenvalue weighted by Crippen LogP contribution is -2.04. The smallest absolute Gasteiger partial charge is 0.133 e. The maximum absolute atomic E-state index is 10.4. The van der Waals surface area contributed by atoms with Gasteiger partial charge in [0.05, 0.1) is 17.2 Å². The summed E-state index contributed by atoms with van der Waals surface area (Å²) in [5, 5.41) is 10.4. The normalized spacial score (nSPS) is 12.2. The van der Waals surface area contributed by atoms with Crippen molar-refractivity contribution >= 4 is 15.9 Å². The highest BCUT2D eigenvalue weighted by atomic mass is 79.9. The van der Waals surface area contributed by atoms with Crippen LogP contribution in [-0.4, -0.2) is 11.7 Å². The SMILES string of the molecule is CCCOc1ccc(C(O)Cc2ccccc2C)cc1Br. The zero-order chi connectivity index (χ0) is 15.2. The summed E-state index contributed by atoms with van der Waals surface area (Å²) in [6, 6.07) is 13.9. The van der Waals surface area contributed by atoms with E-state index in [1.54, 1.807) is 0 Å². The Bertz CT molecular complexity index is 596. The first kappa shape index (κ1) is 16.1. The molecule has 2 aromatic rings. The van der Waals surface area contributed by atoms with Gasteiger partial charge in [0.2, 0.25) is 0 Å². The molecule has 0 fully saturated rings. The van der Waals surface area contributed by atoms with Crippen LogP contribution in [-0.2, 0) is 6.42 Å². The van der Waals surface area contributed by atoms with E-state index in [0.29, 0.717) is 13.0 Å². The highest BCUT2D eigenvalue weighted by molar-refractivity contribution is 9.10. The van der Waals surface area contributed by atoms with Crippen LogP contribution in [0.5, 0.6) is 5.75 Å². The molecule has 0 aliphatic carbocycles. The minimum atomic E-state index is -0.511. The first-order valence-corrected chi connectivity index (χ1v) is 8.06. The molecule has 1 N–H and O–H groups in total. The molecular weight excluding hydrogens is 328 g/mol. The number of hydrogen-bond donors (Lipinski definition) is 1. The molecule has 0 aliphatic heterocycles. The van der Waals surface area contributed by atoms with Crippen molar-refractivity contribution in [2.24, 2.45) is 0 Å². The van der Waals surface area contributed by atoms with Gasteiger partial charge in [-0.05, 0) is 58.1 Å². The average molecular weight is 349 g/mol. The van der Waals surface area contributed by atoms with Crippen molar-refractivity contribution in [3.05, 3.63) is 63.6 Å². The highest BCUT2D eigenvalue weighted by Crippen LogP contribution is 2.30. The number of aliphatic hydroxyl groups is 1. The monoisotopic (exact) mass is 348 g/mol. The number of aryl methyl sites for hydroxylation is 1. The van der Waals surface area contributed by atoms with Gasteiger partial charge in [0.1, 0.15) is 5.75 Å². The second kappa shape index (κ2) is 7.62. The number of aliphatic hydroxyl groups excluding tert-OH is 1. The molecule has 0 aliphatic rings. The fourth-order valence-corrected chi connectivity index (χ4v) is 2.73. The number of halogens is 1. The maximum atomic E-state index is 10.4. The third kappa shape index (κ3) is 4.32. The number of hydrogen-bond acceptors (Lipinski definition) is 2. The van der Waals surface area contributed by atoms with Crippen LogP contribution in [0.2, 0.25) is 0 Å². The van der Waals surface area contributed by atoms with Crippen LogP contribution >= 0.6 is 15.9 Å². The summed E-state index contributed by atoms with van der Waals surface area (Å²) in [4.78, 5) is 0. The fraction of sp³-hybridized carbons (Fsp3) is 0.333. The molecule has 1 unspecified atom stereocenters. The van der Waals surface area contributed by atoms with Crippen LogP contribution in [0.4, 0.5) is 0 Å². The van der Waals surface area contributed by atoms with Crippen LogP contribution in [0.3, 0.4) is 0 Å². The number of benzene rings is 2. The lowest BCUT2D eigenvalue weighted by molar-refractivity contribution is 0.178. The fourth-order valence-electron chi connectivity index (χ4n) is 2.22. The standard InChI is InChI=1S/C18H21BrO2/c1-3-10-21-18-9-8-15(11-16(18)19)17(20)12-14-7-5-4-6-13(14)2/h4-9,11,17,20H,3,10,12H2,1-2H3. The van der Waals surface area contributed by atoms with Gasteiger partial charge in [-0.25, -0.2) is 0 Å². The molecule has 21 heavy (non-hydrogen) atoms. The first-order chi connectivity index (χ1) is 10.1. The highest BCUT2D eigenvalue weighted by Gasteiger charge is 2.12. The minimum absolute atomic E-state index is 0.511. The van der Waals surface area contributed by atoms with Gasteiger partial charge in [-0.2, -0.15) is 0 Å². The molecule has 2 aromatic carbocycles. The Balaban J connectivity index is 2.11. The van der Waals surface area contributed by atoms with E-state index in [1.165, 1.54) is 11.1 Å². The second-order valence-electron chi connectivity index (χ2n) is 5.18. The van der Waals surface area contributed by atoms with Crippen molar-refractivity contribution in [3.8, 4) is 5.75 Å². The van der Waals surface area contributed by atoms with E-state index in [1.807, 2.05) is 30.3 Å². The summed E-state index contributed by atoms with van der Waals surface area (Å²) >= 11 is 3.51. The molecule has 2 nitrogen and oxygen atoms in total. The Labute approximate surface area is 134 Å². The van der Waals surface area contributed by atoms with Gasteiger partial charge in [-0.3, -0.25) is 0 Å². The molecule has 0 bridgehead atoms. The third-order valence-electron chi connectivity index (χ3n) is 3.48. The van der Waals surface area contributed by atoms with E-state index in [-0.39, 0.29) is 0 Å². The summed E-state index contributed by atoms with van der Waals surface area (Å²) in [5.41, 5.74) is 3.28. The summed E-state index contributed by atoms with van der Waals surface area (Å²) in [7, 11) is 0. The average Bonchev–Trinajstić information content (AvgIpc) is 2.48. The number of ether oxygens (including phenoxy) is 1. The Morgan fingerprint density at radius 1 is 1.19 bits per heavy atom. The van der Waals surface area contributed by atoms with Gasteiger partial charge in [0.25, 0.3) is 0 Å². The zero-order valence-electron chi connectivity index (χ0n) is 12.5. The van der Waals surface area contributed by atoms with E-state index in [2.05, 4.69) is 41.9 Å². The van der Waals surface area contributed by atoms with E-state index in [0.717, 1.165) is 22.2 Å². The summed E-state index contributed by atoms with van der Waals surface area (Å²) in [6.45, 7) is 4.84.